The van der Waals surface area contributed by atoms with Gasteiger partial charge in [-0.25, -0.2) is 5.48 Å². The highest BCUT2D eigenvalue weighted by Gasteiger charge is 2.17. The summed E-state index contributed by atoms with van der Waals surface area (Å²) in [6, 6.07) is 5.50. The number of amides is 1. The summed E-state index contributed by atoms with van der Waals surface area (Å²) < 4.78 is 0. The highest BCUT2D eigenvalue weighted by atomic mass is 16.5. The van der Waals surface area contributed by atoms with E-state index in [0.717, 1.165) is 0 Å². The van der Waals surface area contributed by atoms with Crippen molar-refractivity contribution >= 4 is 17.4 Å². The molecule has 1 aromatic carbocycles. The lowest BCUT2D eigenvalue weighted by molar-refractivity contribution is -0.122. The first kappa shape index (κ1) is 12.7. The predicted octanol–water partition coefficient (Wildman–Crippen LogP) is 0.301. The van der Waals surface area contributed by atoms with Crippen LogP contribution in [0.1, 0.15) is 16.8 Å². The second-order valence-corrected chi connectivity index (χ2v) is 3.14. The number of aromatic hydroxyl groups is 1. The number of rotatable bonds is 4. The quantitative estimate of drug-likeness (QED) is 0.198. The molecule has 0 aliphatic carbocycles. The number of oxime groups is 1. The molecule has 17 heavy (non-hydrogen) atoms. The van der Waals surface area contributed by atoms with Gasteiger partial charge in [-0.3, -0.25) is 14.8 Å². The summed E-state index contributed by atoms with van der Waals surface area (Å²) in [6.45, 7) is 0. The van der Waals surface area contributed by atoms with Gasteiger partial charge in [0, 0.05) is 5.56 Å². The van der Waals surface area contributed by atoms with Crippen LogP contribution in [0.15, 0.2) is 29.4 Å². The summed E-state index contributed by atoms with van der Waals surface area (Å²) in [5.74, 6) is -1.69. The number of benzene rings is 1. The summed E-state index contributed by atoms with van der Waals surface area (Å²) in [5.41, 5.74) is 0.890. The highest BCUT2D eigenvalue weighted by molar-refractivity contribution is 6.42. The fraction of sp³-hybridized carbons (Fsp3) is 0.100. The van der Waals surface area contributed by atoms with Gasteiger partial charge in [0.15, 0.2) is 11.5 Å². The number of carbonyl (C=O) groups is 2. The molecule has 1 aromatic rings. The molecule has 0 fully saturated rings. The van der Waals surface area contributed by atoms with Gasteiger partial charge in [-0.05, 0) is 12.1 Å². The van der Waals surface area contributed by atoms with Crippen molar-refractivity contribution in [2.75, 3.05) is 0 Å². The molecule has 0 aliphatic rings. The zero-order chi connectivity index (χ0) is 12.8. The summed E-state index contributed by atoms with van der Waals surface area (Å²) in [4.78, 5) is 22.5. The maximum Gasteiger partial charge on any atom is 0.292 e. The van der Waals surface area contributed by atoms with Crippen LogP contribution >= 0.6 is 0 Å². The summed E-state index contributed by atoms with van der Waals surface area (Å²) in [6.07, 6.45) is -0.494. The van der Waals surface area contributed by atoms with Gasteiger partial charge in [0.2, 0.25) is 0 Å². The van der Waals surface area contributed by atoms with Crippen molar-refractivity contribution in [1.82, 2.24) is 5.48 Å². The smallest absolute Gasteiger partial charge is 0.292 e. The third-order valence-corrected chi connectivity index (χ3v) is 1.98. The number of carbonyl (C=O) groups excluding carboxylic acids is 2. The number of hydroxylamine groups is 1. The second kappa shape index (κ2) is 5.61. The predicted molar refractivity (Wildman–Crippen MR) is 56.2 cm³/mol. The Labute approximate surface area is 96.0 Å². The number of hydrogen-bond donors (Lipinski definition) is 4. The first-order valence-electron chi connectivity index (χ1n) is 4.56. The van der Waals surface area contributed by atoms with Crippen LogP contribution in [-0.2, 0) is 4.79 Å². The van der Waals surface area contributed by atoms with Crippen LogP contribution in [0.4, 0.5) is 0 Å². The van der Waals surface area contributed by atoms with Gasteiger partial charge in [0.05, 0.1) is 6.42 Å². The molecule has 0 radical (unpaired) electrons. The van der Waals surface area contributed by atoms with Crippen molar-refractivity contribution in [3.63, 3.8) is 0 Å². The van der Waals surface area contributed by atoms with Gasteiger partial charge in [-0.2, -0.15) is 0 Å². The average molecular weight is 238 g/mol. The van der Waals surface area contributed by atoms with Gasteiger partial charge in [-0.15, -0.1) is 0 Å². The summed E-state index contributed by atoms with van der Waals surface area (Å²) in [7, 11) is 0. The molecule has 1 rings (SSSR count). The Morgan fingerprint density at radius 3 is 2.59 bits per heavy atom. The summed E-state index contributed by atoms with van der Waals surface area (Å²) in [5, 5.41) is 28.6. The van der Waals surface area contributed by atoms with Gasteiger partial charge in [-0.1, -0.05) is 17.3 Å². The fourth-order valence-corrected chi connectivity index (χ4v) is 1.16. The Bertz CT molecular complexity index is 470. The van der Waals surface area contributed by atoms with Crippen LogP contribution in [0.25, 0.3) is 0 Å². The number of ketones is 1. The fourth-order valence-electron chi connectivity index (χ4n) is 1.16. The first-order valence-corrected chi connectivity index (χ1v) is 4.56. The molecular formula is C10H10N2O5. The van der Waals surface area contributed by atoms with Crippen LogP contribution in [0.3, 0.4) is 0 Å². The van der Waals surface area contributed by atoms with Gasteiger partial charge < -0.3 is 10.3 Å². The van der Waals surface area contributed by atoms with E-state index in [4.69, 9.17) is 15.5 Å². The first-order chi connectivity index (χ1) is 8.08. The second-order valence-electron chi connectivity index (χ2n) is 3.14. The Kier molecular flexibility index (Phi) is 4.18. The Morgan fingerprint density at radius 2 is 2.06 bits per heavy atom. The van der Waals surface area contributed by atoms with E-state index >= 15 is 0 Å². The molecule has 0 heterocycles. The average Bonchev–Trinajstić information content (AvgIpc) is 2.34. The molecular weight excluding hydrogens is 228 g/mol. The van der Waals surface area contributed by atoms with E-state index in [1.807, 2.05) is 0 Å². The van der Waals surface area contributed by atoms with Crippen LogP contribution < -0.4 is 5.48 Å². The van der Waals surface area contributed by atoms with E-state index in [0.29, 0.717) is 0 Å². The van der Waals surface area contributed by atoms with Crippen molar-refractivity contribution in [2.45, 2.75) is 6.42 Å². The molecule has 0 aromatic heterocycles. The Balaban J connectivity index is 2.82. The number of nitrogens with zero attached hydrogens (tertiary/aromatic N) is 1. The van der Waals surface area contributed by atoms with Crippen LogP contribution in [0.2, 0.25) is 0 Å². The molecule has 90 valence electrons. The largest absolute Gasteiger partial charge is 0.508 e. The van der Waals surface area contributed by atoms with Gasteiger partial charge in [0.25, 0.3) is 5.91 Å². The molecule has 0 bridgehead atoms. The molecule has 0 saturated carbocycles. The van der Waals surface area contributed by atoms with Gasteiger partial charge in [0.1, 0.15) is 5.75 Å². The molecule has 0 atom stereocenters. The van der Waals surface area contributed by atoms with Crippen molar-refractivity contribution < 1.29 is 25.1 Å². The lowest BCUT2D eigenvalue weighted by Gasteiger charge is -2.02. The third-order valence-electron chi connectivity index (χ3n) is 1.98. The molecule has 0 saturated heterocycles. The molecule has 0 unspecified atom stereocenters. The number of phenolic OH excluding ortho intramolecular Hbond substituents is 1. The van der Waals surface area contributed by atoms with E-state index in [1.165, 1.54) is 29.7 Å². The number of hydrogen-bond acceptors (Lipinski definition) is 6. The normalized spacial score (nSPS) is 11.0. The topological polar surface area (TPSA) is 119 Å². The molecule has 4 N–H and O–H groups in total. The van der Waals surface area contributed by atoms with Crippen molar-refractivity contribution in [3.8, 4) is 5.75 Å². The van der Waals surface area contributed by atoms with Crippen LogP contribution in [0.5, 0.6) is 5.75 Å². The zero-order valence-electron chi connectivity index (χ0n) is 8.62. The van der Waals surface area contributed by atoms with Gasteiger partial charge >= 0.3 is 0 Å². The van der Waals surface area contributed by atoms with E-state index in [9.17, 15) is 9.59 Å². The van der Waals surface area contributed by atoms with Crippen molar-refractivity contribution in [2.24, 2.45) is 5.16 Å². The minimum absolute atomic E-state index is 0.0926. The van der Waals surface area contributed by atoms with E-state index in [-0.39, 0.29) is 11.3 Å². The molecule has 7 heteroatoms. The summed E-state index contributed by atoms with van der Waals surface area (Å²) >= 11 is 0. The van der Waals surface area contributed by atoms with Crippen molar-refractivity contribution in [1.29, 1.82) is 0 Å². The van der Waals surface area contributed by atoms with Crippen LogP contribution in [0, 0.1) is 0 Å². The standard InChI is InChI=1S/C10H10N2O5/c13-7-3-1-2-6(4-7)9(14)5-8(11-16)10(15)12-17/h1-4,13,16-17H,5H2,(H,12,15)/b11-8+. The van der Waals surface area contributed by atoms with E-state index in [1.54, 1.807) is 0 Å². The Hall–Kier alpha value is -2.41. The maximum absolute atomic E-state index is 11.6. The highest BCUT2D eigenvalue weighted by Crippen LogP contribution is 2.12. The monoisotopic (exact) mass is 238 g/mol. The van der Waals surface area contributed by atoms with Crippen molar-refractivity contribution in [3.05, 3.63) is 29.8 Å². The molecule has 0 aliphatic heterocycles. The van der Waals surface area contributed by atoms with E-state index < -0.39 is 23.8 Å². The Morgan fingerprint density at radius 1 is 1.35 bits per heavy atom. The number of nitrogens with one attached hydrogen (secondary N) is 1. The van der Waals surface area contributed by atoms with E-state index in [2.05, 4.69) is 5.16 Å². The SMILES string of the molecule is O=C(NO)/C(CC(=O)c1cccc(O)c1)=N/O. The molecule has 7 nitrogen and oxygen atoms in total. The number of phenols is 1. The maximum atomic E-state index is 11.6. The lowest BCUT2D eigenvalue weighted by Crippen LogP contribution is -2.29. The number of Topliss-reactive ketones (excluding diaryl/α,β-unsaturated/α-hetero) is 1. The third kappa shape index (κ3) is 3.28. The molecule has 0 spiro atoms. The van der Waals surface area contributed by atoms with Crippen LogP contribution in [-0.4, -0.2) is 32.9 Å². The lowest BCUT2D eigenvalue weighted by atomic mass is 10.1. The zero-order valence-corrected chi connectivity index (χ0v) is 8.62. The minimum Gasteiger partial charge on any atom is -0.508 e. The minimum atomic E-state index is -1.07. The molecule has 1 amide bonds.